The Morgan fingerprint density at radius 1 is 1.44 bits per heavy atom. The van der Waals surface area contributed by atoms with Gasteiger partial charge in [0, 0.05) is 19.2 Å². The predicted octanol–water partition coefficient (Wildman–Crippen LogP) is 2.04. The van der Waals surface area contributed by atoms with Crippen LogP contribution in [0.25, 0.3) is 0 Å². The fraction of sp³-hybridized carbons (Fsp3) is 0.462. The molecule has 100 valence electrons. The summed E-state index contributed by atoms with van der Waals surface area (Å²) in [6, 6.07) is 3.85. The van der Waals surface area contributed by atoms with Gasteiger partial charge in [-0.1, -0.05) is 0 Å². The topological polar surface area (TPSA) is 55.6 Å². The van der Waals surface area contributed by atoms with E-state index in [0.717, 1.165) is 0 Å². The largest absolute Gasteiger partial charge is 0.479 e. The normalized spacial score (nSPS) is 12.0. The van der Waals surface area contributed by atoms with E-state index in [-0.39, 0.29) is 11.6 Å². The number of hydrogen-bond acceptors (Lipinski definition) is 3. The Morgan fingerprint density at radius 2 is 2.06 bits per heavy atom. The average molecular weight is 254 g/mol. The van der Waals surface area contributed by atoms with E-state index in [0.29, 0.717) is 18.8 Å². The fourth-order valence-electron chi connectivity index (χ4n) is 1.66. The van der Waals surface area contributed by atoms with Crippen molar-refractivity contribution in [3.05, 3.63) is 24.0 Å². The summed E-state index contributed by atoms with van der Waals surface area (Å²) in [5, 5.41) is 0. The molecule has 0 bridgehead atoms. The number of nitrogen functional groups attached to an aromatic ring is 1. The lowest BCUT2D eigenvalue weighted by molar-refractivity contribution is -0.137. The molecule has 1 unspecified atom stereocenters. The number of ether oxygens (including phenoxy) is 1. The van der Waals surface area contributed by atoms with E-state index < -0.39 is 11.9 Å². The highest BCUT2D eigenvalue weighted by atomic mass is 19.1. The molecule has 0 fully saturated rings. The summed E-state index contributed by atoms with van der Waals surface area (Å²) in [4.78, 5) is 13.6. The zero-order chi connectivity index (χ0) is 13.7. The van der Waals surface area contributed by atoms with Crippen LogP contribution in [0.15, 0.2) is 18.2 Å². The zero-order valence-corrected chi connectivity index (χ0v) is 10.9. The first-order valence-corrected chi connectivity index (χ1v) is 6.00. The summed E-state index contributed by atoms with van der Waals surface area (Å²) in [5.41, 5.74) is 5.81. The van der Waals surface area contributed by atoms with Crippen molar-refractivity contribution < 1.29 is 13.9 Å². The summed E-state index contributed by atoms with van der Waals surface area (Å²) < 4.78 is 18.3. The smallest absolute Gasteiger partial charge is 0.263 e. The molecule has 0 aliphatic rings. The Hall–Kier alpha value is -1.78. The summed E-state index contributed by atoms with van der Waals surface area (Å²) >= 11 is 0. The standard InChI is InChI=1S/C13H19FN2O2/c1-4-16(5-2)13(17)9(3)18-12-7-6-10(14)8-11(12)15/h6-9H,4-5,15H2,1-3H3. The number of rotatable bonds is 5. The molecule has 1 rings (SSSR count). The van der Waals surface area contributed by atoms with Crippen molar-refractivity contribution >= 4 is 11.6 Å². The van der Waals surface area contributed by atoms with Crippen LogP contribution in [0, 0.1) is 5.82 Å². The van der Waals surface area contributed by atoms with Crippen LogP contribution in [-0.2, 0) is 4.79 Å². The maximum Gasteiger partial charge on any atom is 0.263 e. The molecule has 0 saturated heterocycles. The van der Waals surface area contributed by atoms with Crippen LogP contribution < -0.4 is 10.5 Å². The molecule has 1 atom stereocenters. The summed E-state index contributed by atoms with van der Waals surface area (Å²) in [7, 11) is 0. The van der Waals surface area contributed by atoms with E-state index in [4.69, 9.17) is 10.5 Å². The molecule has 0 heterocycles. The molecule has 2 N–H and O–H groups in total. The van der Waals surface area contributed by atoms with Crippen LogP contribution in [0.4, 0.5) is 10.1 Å². The maximum absolute atomic E-state index is 12.9. The van der Waals surface area contributed by atoms with Crippen molar-refractivity contribution in [1.29, 1.82) is 0 Å². The van der Waals surface area contributed by atoms with Gasteiger partial charge in [-0.15, -0.1) is 0 Å². The maximum atomic E-state index is 12.9. The molecule has 0 aliphatic carbocycles. The molecule has 0 spiro atoms. The number of halogens is 1. The number of likely N-dealkylation sites (N-methyl/N-ethyl adjacent to an activating group) is 1. The van der Waals surface area contributed by atoms with Crippen LogP contribution in [0.2, 0.25) is 0 Å². The van der Waals surface area contributed by atoms with E-state index in [1.807, 2.05) is 13.8 Å². The molecular weight excluding hydrogens is 235 g/mol. The van der Waals surface area contributed by atoms with E-state index in [1.54, 1.807) is 11.8 Å². The number of carbonyl (C=O) groups excluding carboxylic acids is 1. The molecule has 0 saturated carbocycles. The van der Waals surface area contributed by atoms with Gasteiger partial charge in [-0.05, 0) is 32.9 Å². The van der Waals surface area contributed by atoms with Gasteiger partial charge in [0.05, 0.1) is 5.69 Å². The van der Waals surface area contributed by atoms with Crippen molar-refractivity contribution in [2.24, 2.45) is 0 Å². The summed E-state index contributed by atoms with van der Waals surface area (Å²) in [6.45, 7) is 6.72. The van der Waals surface area contributed by atoms with Crippen LogP contribution in [0.5, 0.6) is 5.75 Å². The van der Waals surface area contributed by atoms with Crippen molar-refractivity contribution in [3.63, 3.8) is 0 Å². The molecule has 1 amide bonds. The predicted molar refractivity (Wildman–Crippen MR) is 68.8 cm³/mol. The quantitative estimate of drug-likeness (QED) is 0.818. The van der Waals surface area contributed by atoms with Gasteiger partial charge < -0.3 is 15.4 Å². The Balaban J connectivity index is 2.75. The lowest BCUT2D eigenvalue weighted by atomic mass is 10.2. The minimum absolute atomic E-state index is 0.108. The number of hydrogen-bond donors (Lipinski definition) is 1. The van der Waals surface area contributed by atoms with Gasteiger partial charge in [-0.25, -0.2) is 4.39 Å². The van der Waals surface area contributed by atoms with E-state index >= 15 is 0 Å². The van der Waals surface area contributed by atoms with Crippen LogP contribution >= 0.6 is 0 Å². The minimum atomic E-state index is -0.641. The molecule has 1 aromatic carbocycles. The number of carbonyl (C=O) groups is 1. The molecule has 0 radical (unpaired) electrons. The SMILES string of the molecule is CCN(CC)C(=O)C(C)Oc1ccc(F)cc1N. The van der Waals surface area contributed by atoms with Crippen LogP contribution in [-0.4, -0.2) is 30.0 Å². The van der Waals surface area contributed by atoms with Gasteiger partial charge >= 0.3 is 0 Å². The number of benzene rings is 1. The van der Waals surface area contributed by atoms with Gasteiger partial charge in [0.15, 0.2) is 6.10 Å². The first-order chi connectivity index (χ1) is 8.49. The van der Waals surface area contributed by atoms with Crippen molar-refractivity contribution in [3.8, 4) is 5.75 Å². The van der Waals surface area contributed by atoms with Crippen molar-refractivity contribution in [1.82, 2.24) is 4.90 Å². The molecular formula is C13H19FN2O2. The highest BCUT2D eigenvalue weighted by Gasteiger charge is 2.20. The molecule has 4 nitrogen and oxygen atoms in total. The molecule has 0 aliphatic heterocycles. The summed E-state index contributed by atoms with van der Waals surface area (Å²) in [6.07, 6.45) is -0.641. The highest BCUT2D eigenvalue weighted by Crippen LogP contribution is 2.23. The lowest BCUT2D eigenvalue weighted by Gasteiger charge is -2.23. The highest BCUT2D eigenvalue weighted by molar-refractivity contribution is 5.81. The molecule has 0 aromatic heterocycles. The minimum Gasteiger partial charge on any atom is -0.479 e. The molecule has 5 heteroatoms. The van der Waals surface area contributed by atoms with Crippen LogP contribution in [0.1, 0.15) is 20.8 Å². The second-order valence-electron chi connectivity index (χ2n) is 3.95. The summed E-state index contributed by atoms with van der Waals surface area (Å²) in [5.74, 6) is -0.212. The number of nitrogens with zero attached hydrogens (tertiary/aromatic N) is 1. The Kier molecular flexibility index (Phi) is 4.95. The number of anilines is 1. The first-order valence-electron chi connectivity index (χ1n) is 6.00. The van der Waals surface area contributed by atoms with E-state index in [1.165, 1.54) is 18.2 Å². The van der Waals surface area contributed by atoms with Gasteiger partial charge in [0.2, 0.25) is 0 Å². The third kappa shape index (κ3) is 3.35. The van der Waals surface area contributed by atoms with Gasteiger partial charge in [0.25, 0.3) is 5.91 Å². The third-order valence-electron chi connectivity index (χ3n) is 2.70. The van der Waals surface area contributed by atoms with Crippen molar-refractivity contribution in [2.75, 3.05) is 18.8 Å². The zero-order valence-electron chi connectivity index (χ0n) is 10.9. The van der Waals surface area contributed by atoms with Gasteiger partial charge in [0.1, 0.15) is 11.6 Å². The first kappa shape index (κ1) is 14.3. The Bertz CT molecular complexity index is 419. The van der Waals surface area contributed by atoms with Gasteiger partial charge in [-0.2, -0.15) is 0 Å². The monoisotopic (exact) mass is 254 g/mol. The number of amides is 1. The van der Waals surface area contributed by atoms with Crippen molar-refractivity contribution in [2.45, 2.75) is 26.9 Å². The van der Waals surface area contributed by atoms with Gasteiger partial charge in [-0.3, -0.25) is 4.79 Å². The fourth-order valence-corrected chi connectivity index (χ4v) is 1.66. The molecule has 1 aromatic rings. The number of nitrogens with two attached hydrogens (primary N) is 1. The average Bonchev–Trinajstić information content (AvgIpc) is 2.34. The third-order valence-corrected chi connectivity index (χ3v) is 2.70. The second kappa shape index (κ2) is 6.23. The Labute approximate surface area is 107 Å². The second-order valence-corrected chi connectivity index (χ2v) is 3.95. The Morgan fingerprint density at radius 3 is 2.56 bits per heavy atom. The van der Waals surface area contributed by atoms with E-state index in [2.05, 4.69) is 0 Å². The lowest BCUT2D eigenvalue weighted by Crippen LogP contribution is -2.40. The van der Waals surface area contributed by atoms with E-state index in [9.17, 15) is 9.18 Å². The molecule has 18 heavy (non-hydrogen) atoms. The van der Waals surface area contributed by atoms with Crippen LogP contribution in [0.3, 0.4) is 0 Å².